The molecular formula is CuNaO3Se+. The molecule has 0 N–H and O–H groups in total. The SMILES string of the molecule is O=[Se]([O-])[O-].[Cu+2].[Na+]. The van der Waals surface area contributed by atoms with Crippen molar-refractivity contribution >= 4 is 14.5 Å². The average Bonchev–Trinajstić information content (AvgIpc) is 0.811. The van der Waals surface area contributed by atoms with E-state index in [-0.39, 0.29) is 46.6 Å². The minimum Gasteiger partial charge on any atom is 1.00 e. The normalized spacial score (nSPS) is 5.83. The molecule has 35 valence electrons. The quantitative estimate of drug-likeness (QED) is 0.377. The third-order valence-corrected chi connectivity index (χ3v) is 0. The van der Waals surface area contributed by atoms with Crippen molar-refractivity contribution in [3.8, 4) is 0 Å². The van der Waals surface area contributed by atoms with Crippen LogP contribution in [0, 0.1) is 0 Å². The van der Waals surface area contributed by atoms with Crippen molar-refractivity contribution in [3.05, 3.63) is 0 Å². The zero-order chi connectivity index (χ0) is 3.58. The molecule has 0 amide bonds. The second-order valence-corrected chi connectivity index (χ2v) is 1.06. The Morgan fingerprint density at radius 1 is 1.33 bits per heavy atom. The van der Waals surface area contributed by atoms with Gasteiger partial charge in [-0.15, -0.1) is 0 Å². The fourth-order valence-corrected chi connectivity index (χ4v) is 0. The third-order valence-electron chi connectivity index (χ3n) is 0. The Hall–Kier alpha value is 1.76. The molecule has 0 aromatic carbocycles. The van der Waals surface area contributed by atoms with Crippen LogP contribution in [0.3, 0.4) is 0 Å². The van der Waals surface area contributed by atoms with Crippen LogP contribution in [0.25, 0.3) is 0 Å². The molecule has 0 unspecified atom stereocenters. The minimum atomic E-state index is -3.79. The van der Waals surface area contributed by atoms with Crippen LogP contribution in [0.4, 0.5) is 0 Å². The summed E-state index contributed by atoms with van der Waals surface area (Å²) in [5.74, 6) is 0. The number of rotatable bonds is 0. The van der Waals surface area contributed by atoms with Gasteiger partial charge in [-0.1, -0.05) is 0 Å². The zero-order valence-corrected chi connectivity index (χ0v) is 7.59. The molecule has 6 heteroatoms. The zero-order valence-electron chi connectivity index (χ0n) is 2.93. The number of hydrogen-bond acceptors (Lipinski definition) is 3. The maximum Gasteiger partial charge on any atom is 2.00 e. The van der Waals surface area contributed by atoms with Gasteiger partial charge in [0, 0.05) is 0 Å². The maximum atomic E-state index is 8.54. The van der Waals surface area contributed by atoms with Crippen LogP contribution in [-0.2, 0) is 20.9 Å². The van der Waals surface area contributed by atoms with Crippen molar-refractivity contribution in [1.29, 1.82) is 0 Å². The minimum absolute atomic E-state index is 0. The summed E-state index contributed by atoms with van der Waals surface area (Å²) in [4.78, 5) is 0. The van der Waals surface area contributed by atoms with E-state index >= 15 is 0 Å². The Morgan fingerprint density at radius 2 is 1.33 bits per heavy atom. The molecule has 3 nitrogen and oxygen atoms in total. The van der Waals surface area contributed by atoms with Gasteiger partial charge < -0.3 is 0 Å². The van der Waals surface area contributed by atoms with Gasteiger partial charge >= 0.3 is 73.3 Å². The van der Waals surface area contributed by atoms with E-state index in [1.165, 1.54) is 0 Å². The van der Waals surface area contributed by atoms with Gasteiger partial charge in [0.2, 0.25) is 0 Å². The van der Waals surface area contributed by atoms with Crippen molar-refractivity contribution in [2.45, 2.75) is 0 Å². The first-order chi connectivity index (χ1) is 1.73. The topological polar surface area (TPSA) is 63.2 Å². The average molecular weight is 213 g/mol. The van der Waals surface area contributed by atoms with Crippen LogP contribution < -0.4 is 37.9 Å². The van der Waals surface area contributed by atoms with Gasteiger partial charge in [-0.25, -0.2) is 0 Å². The van der Waals surface area contributed by atoms with Crippen LogP contribution in [0.2, 0.25) is 0 Å². The molecule has 0 bridgehead atoms. The van der Waals surface area contributed by atoms with E-state index in [1.807, 2.05) is 0 Å². The van der Waals surface area contributed by atoms with Crippen molar-refractivity contribution in [2.75, 3.05) is 0 Å². The van der Waals surface area contributed by atoms with E-state index in [2.05, 4.69) is 0 Å². The Balaban J connectivity index is -0.0000000450. The van der Waals surface area contributed by atoms with E-state index in [0.29, 0.717) is 0 Å². The van der Waals surface area contributed by atoms with Crippen molar-refractivity contribution in [1.82, 2.24) is 0 Å². The smallest absolute Gasteiger partial charge is 1.00 e. The van der Waals surface area contributed by atoms with E-state index < -0.39 is 14.5 Å². The summed E-state index contributed by atoms with van der Waals surface area (Å²) in [6.45, 7) is 0. The fourth-order valence-electron chi connectivity index (χ4n) is 0. The van der Waals surface area contributed by atoms with E-state index in [0.717, 1.165) is 0 Å². The summed E-state index contributed by atoms with van der Waals surface area (Å²) in [5.41, 5.74) is 0. The van der Waals surface area contributed by atoms with E-state index in [9.17, 15) is 0 Å². The molecule has 0 fully saturated rings. The van der Waals surface area contributed by atoms with Crippen molar-refractivity contribution in [2.24, 2.45) is 0 Å². The van der Waals surface area contributed by atoms with Gasteiger partial charge in [0.1, 0.15) is 0 Å². The standard InChI is InChI=1S/Cu.Na.H2O3Se/c;;1-4(2)3/h;;(H2,1,2,3)/q+2;+1;/p-2. The van der Waals surface area contributed by atoms with Crippen LogP contribution in [-0.4, -0.2) is 14.5 Å². The Bertz CT molecular complexity index is 33.8. The van der Waals surface area contributed by atoms with Crippen LogP contribution in [0.5, 0.6) is 0 Å². The van der Waals surface area contributed by atoms with Crippen molar-refractivity contribution in [3.63, 3.8) is 0 Å². The number of hydrogen-bond donors (Lipinski definition) is 0. The molecule has 0 heterocycles. The van der Waals surface area contributed by atoms with Gasteiger partial charge in [0.15, 0.2) is 0 Å². The monoisotopic (exact) mass is 214 g/mol. The molecule has 0 rings (SSSR count). The summed E-state index contributed by atoms with van der Waals surface area (Å²) in [6.07, 6.45) is 0. The second-order valence-electron chi connectivity index (χ2n) is 0.204. The largest absolute Gasteiger partial charge is 2.00 e. The summed E-state index contributed by atoms with van der Waals surface area (Å²) < 4.78 is 25.6. The third kappa shape index (κ3) is 42.2. The van der Waals surface area contributed by atoms with Gasteiger partial charge in [0.05, 0.1) is 0 Å². The van der Waals surface area contributed by atoms with Gasteiger partial charge in [-0.05, 0) is 0 Å². The van der Waals surface area contributed by atoms with E-state index in [1.54, 1.807) is 0 Å². The predicted molar refractivity (Wildman–Crippen MR) is 6.44 cm³/mol. The van der Waals surface area contributed by atoms with Gasteiger partial charge in [-0.3, -0.25) is 0 Å². The molecule has 6 heavy (non-hydrogen) atoms. The molecule has 0 aliphatic rings. The summed E-state index contributed by atoms with van der Waals surface area (Å²) in [5, 5.41) is 0. The van der Waals surface area contributed by atoms with E-state index in [4.69, 9.17) is 12.2 Å². The summed E-state index contributed by atoms with van der Waals surface area (Å²) >= 11 is -3.79. The first kappa shape index (κ1) is 15.7. The molecule has 0 spiro atoms. The van der Waals surface area contributed by atoms with Crippen molar-refractivity contribution < 1.29 is 58.8 Å². The first-order valence-corrected chi connectivity index (χ1v) is 2.60. The van der Waals surface area contributed by atoms with Gasteiger partial charge in [0.25, 0.3) is 0 Å². The molecule has 0 aromatic rings. The Morgan fingerprint density at radius 3 is 1.33 bits per heavy atom. The maximum absolute atomic E-state index is 8.54. The second kappa shape index (κ2) is 9.90. The molecule has 0 saturated carbocycles. The molecule has 0 aliphatic carbocycles. The molecule has 0 saturated heterocycles. The van der Waals surface area contributed by atoms with Gasteiger partial charge in [-0.2, -0.15) is 0 Å². The Labute approximate surface area is 72.6 Å². The molecule has 0 aromatic heterocycles. The summed E-state index contributed by atoms with van der Waals surface area (Å²) in [7, 11) is 0. The Kier molecular flexibility index (Phi) is 25.8. The molecule has 0 aliphatic heterocycles. The predicted octanol–water partition coefficient (Wildman–Crippen LogP) is -5.88. The molecule has 0 atom stereocenters. The fraction of sp³-hybridized carbons (Fsp3) is 0. The first-order valence-electron chi connectivity index (χ1n) is 0.500. The van der Waals surface area contributed by atoms with Crippen LogP contribution in [0.15, 0.2) is 0 Å². The molecule has 1 radical (unpaired) electrons. The van der Waals surface area contributed by atoms with Crippen LogP contribution >= 0.6 is 0 Å². The van der Waals surface area contributed by atoms with Crippen LogP contribution in [0.1, 0.15) is 0 Å². The molecular weight excluding hydrogens is 213 g/mol. The summed E-state index contributed by atoms with van der Waals surface area (Å²) in [6, 6.07) is 0.